The van der Waals surface area contributed by atoms with E-state index in [0.717, 1.165) is 127 Å². The van der Waals surface area contributed by atoms with Crippen LogP contribution in [0.2, 0.25) is 0 Å². The van der Waals surface area contributed by atoms with Crippen LogP contribution in [0.5, 0.6) is 0 Å². The van der Waals surface area contributed by atoms with Gasteiger partial charge in [0.25, 0.3) is 0 Å². The molecule has 3 aromatic heterocycles. The molecule has 16 aromatic rings. The smallest absolute Gasteiger partial charge is 0.166 e. The van der Waals surface area contributed by atoms with Crippen LogP contribution >= 0.6 is 0 Å². The Kier molecular flexibility index (Phi) is 13.7. The first kappa shape index (κ1) is 55.3. The van der Waals surface area contributed by atoms with E-state index >= 15 is 0 Å². The fourth-order valence-electron chi connectivity index (χ4n) is 13.6. The second-order valence-electron chi connectivity index (χ2n) is 24.2. The molecule has 0 fully saturated rings. The van der Waals surface area contributed by atoms with E-state index in [2.05, 4.69) is 273 Å². The Morgan fingerprint density at radius 3 is 0.957 bits per heavy atom. The fraction of sp³-hybridized carbons (Fsp3) is 0.0465. The normalized spacial score (nSPS) is 11.5. The summed E-state index contributed by atoms with van der Waals surface area (Å²) in [4.78, 5) is 16.3. The first-order chi connectivity index (χ1) is 45.2. The summed E-state index contributed by atoms with van der Waals surface area (Å²) in [6, 6.07) is 107. The van der Waals surface area contributed by atoms with Crippen molar-refractivity contribution in [3.8, 4) is 118 Å². The van der Waals surface area contributed by atoms with E-state index in [1.807, 2.05) is 60.7 Å². The summed E-state index contributed by atoms with van der Waals surface area (Å²) in [6.07, 6.45) is 0. The van der Waals surface area contributed by atoms with Crippen molar-refractivity contribution in [1.29, 1.82) is 5.26 Å². The van der Waals surface area contributed by atoms with E-state index in [1.54, 1.807) is 0 Å². The lowest BCUT2D eigenvalue weighted by Crippen LogP contribution is -2.04. The minimum absolute atomic E-state index is 0.522. The molecule has 6 nitrogen and oxygen atoms in total. The average Bonchev–Trinajstić information content (AvgIpc) is 1.56. The predicted octanol–water partition coefficient (Wildman–Crippen LogP) is 22.2. The molecule has 0 bridgehead atoms. The quantitative estimate of drug-likeness (QED) is 0.129. The molecule has 0 N–H and O–H groups in total. The van der Waals surface area contributed by atoms with E-state index in [0.29, 0.717) is 23.0 Å². The Bertz CT molecular complexity index is 5380. The lowest BCUT2D eigenvalue weighted by molar-refractivity contribution is 1.06. The standard InChI is InChI=1S/C86H60N6/c1-54-17-13-26-60(43-54)64-31-37-79-73(47-64)74-48-65(61-27-14-18-55(2)44-61)32-38-80(74)91(79)78-41-35-68(71-30-12-11-25-70(71)53-87)51-72(78)69-36-42-83(77(52-69)86-89-84(58-21-7-5-8-22-58)88-85(90-86)59-23-9-6-10-24-59)92-81-39-33-66(62-28-15-19-56(3)45-62)49-75(81)76-50-67(34-40-82(76)92)63-29-16-20-57(4)46-63/h5-52H,1-4H3. The number of hydrogen-bond acceptors (Lipinski definition) is 4. The topological polar surface area (TPSA) is 72.3 Å². The molecule has 92 heavy (non-hydrogen) atoms. The molecular formula is C86H60N6. The molecule has 13 aromatic carbocycles. The number of nitrogens with zero attached hydrogens (tertiary/aromatic N) is 6. The maximum atomic E-state index is 10.7. The number of nitriles is 1. The van der Waals surface area contributed by atoms with E-state index in [1.165, 1.54) is 33.4 Å². The zero-order chi connectivity index (χ0) is 62.0. The molecule has 3 heterocycles. The third-order valence-electron chi connectivity index (χ3n) is 18.0. The third-order valence-corrected chi connectivity index (χ3v) is 18.0. The van der Waals surface area contributed by atoms with Gasteiger partial charge in [0.15, 0.2) is 17.5 Å². The van der Waals surface area contributed by atoms with Crippen LogP contribution in [0.25, 0.3) is 156 Å². The summed E-state index contributed by atoms with van der Waals surface area (Å²) in [5.41, 5.74) is 27.0. The molecular weight excluding hydrogens is 1120 g/mol. The van der Waals surface area contributed by atoms with Gasteiger partial charge in [-0.3, -0.25) is 0 Å². The SMILES string of the molecule is Cc1cccc(-c2ccc3c(c2)c2cc(-c4cccc(C)c4)ccc2n3-c2ccc(-c3ccccc3C#N)cc2-c2ccc(-n3c4ccc(-c5cccc(C)c5)cc4c4cc(-c5cccc(C)c5)ccc43)c(-c3nc(-c4ccccc4)nc(-c4ccccc4)n3)c2)c1. The number of aromatic nitrogens is 5. The Hall–Kier alpha value is -12.0. The first-order valence-corrected chi connectivity index (χ1v) is 31.3. The highest BCUT2D eigenvalue weighted by Crippen LogP contribution is 2.45. The van der Waals surface area contributed by atoms with Crippen molar-refractivity contribution < 1.29 is 0 Å². The summed E-state index contributed by atoms with van der Waals surface area (Å²) >= 11 is 0. The molecule has 0 saturated carbocycles. The van der Waals surface area contributed by atoms with Gasteiger partial charge in [0.2, 0.25) is 0 Å². The van der Waals surface area contributed by atoms with E-state index < -0.39 is 0 Å². The molecule has 0 radical (unpaired) electrons. The zero-order valence-corrected chi connectivity index (χ0v) is 51.4. The highest BCUT2D eigenvalue weighted by atomic mass is 15.1. The van der Waals surface area contributed by atoms with Crippen LogP contribution in [0.15, 0.2) is 291 Å². The van der Waals surface area contributed by atoms with Crippen molar-refractivity contribution in [2.75, 3.05) is 0 Å². The molecule has 434 valence electrons. The highest BCUT2D eigenvalue weighted by Gasteiger charge is 2.25. The van der Waals surface area contributed by atoms with Crippen LogP contribution < -0.4 is 0 Å². The monoisotopic (exact) mass is 1180 g/mol. The summed E-state index contributed by atoms with van der Waals surface area (Å²) in [5.74, 6) is 1.65. The predicted molar refractivity (Wildman–Crippen MR) is 381 cm³/mol. The van der Waals surface area contributed by atoms with Gasteiger partial charge in [0.05, 0.1) is 45.1 Å². The molecule has 0 atom stereocenters. The van der Waals surface area contributed by atoms with Gasteiger partial charge >= 0.3 is 0 Å². The molecule has 0 amide bonds. The van der Waals surface area contributed by atoms with Crippen molar-refractivity contribution in [1.82, 2.24) is 24.1 Å². The van der Waals surface area contributed by atoms with Crippen molar-refractivity contribution >= 4 is 43.6 Å². The van der Waals surface area contributed by atoms with Crippen LogP contribution in [0.3, 0.4) is 0 Å². The molecule has 0 unspecified atom stereocenters. The molecule has 0 aliphatic heterocycles. The van der Waals surface area contributed by atoms with Gasteiger partial charge in [-0.1, -0.05) is 235 Å². The van der Waals surface area contributed by atoms with Crippen molar-refractivity contribution in [2.45, 2.75) is 27.7 Å². The average molecular weight is 1180 g/mol. The maximum absolute atomic E-state index is 10.7. The number of fused-ring (bicyclic) bond motifs is 6. The van der Waals surface area contributed by atoms with Gasteiger partial charge < -0.3 is 9.13 Å². The van der Waals surface area contributed by atoms with Gasteiger partial charge in [-0.2, -0.15) is 5.26 Å². The maximum Gasteiger partial charge on any atom is 0.166 e. The van der Waals surface area contributed by atoms with Crippen molar-refractivity contribution in [3.05, 3.63) is 319 Å². The van der Waals surface area contributed by atoms with E-state index in [-0.39, 0.29) is 0 Å². The van der Waals surface area contributed by atoms with Gasteiger partial charge in [-0.25, -0.2) is 15.0 Å². The highest BCUT2D eigenvalue weighted by molar-refractivity contribution is 6.14. The summed E-state index contributed by atoms with van der Waals surface area (Å²) in [5, 5.41) is 15.2. The largest absolute Gasteiger partial charge is 0.309 e. The molecule has 0 spiro atoms. The number of rotatable bonds is 11. The minimum Gasteiger partial charge on any atom is -0.309 e. The molecule has 0 saturated heterocycles. The Labute approximate surface area is 535 Å². The van der Waals surface area contributed by atoms with Crippen LogP contribution in [-0.2, 0) is 0 Å². The second kappa shape index (κ2) is 22.8. The number of hydrogen-bond donors (Lipinski definition) is 0. The number of benzene rings is 13. The molecule has 0 aliphatic carbocycles. The van der Waals surface area contributed by atoms with Crippen LogP contribution in [0.1, 0.15) is 27.8 Å². The Morgan fingerprint density at radius 2 is 0.565 bits per heavy atom. The Morgan fingerprint density at radius 1 is 0.250 bits per heavy atom. The lowest BCUT2D eigenvalue weighted by atomic mass is 9.93. The molecule has 6 heteroatoms. The van der Waals surface area contributed by atoms with Gasteiger partial charge in [-0.05, 0) is 168 Å². The number of aryl methyl sites for hydroxylation is 4. The third kappa shape index (κ3) is 9.99. The van der Waals surface area contributed by atoms with Crippen LogP contribution in [-0.4, -0.2) is 24.1 Å². The van der Waals surface area contributed by atoms with Gasteiger partial charge in [-0.15, -0.1) is 0 Å². The van der Waals surface area contributed by atoms with Crippen molar-refractivity contribution in [2.24, 2.45) is 0 Å². The van der Waals surface area contributed by atoms with Crippen LogP contribution in [0.4, 0.5) is 0 Å². The summed E-state index contributed by atoms with van der Waals surface area (Å²) in [6.45, 7) is 8.61. The lowest BCUT2D eigenvalue weighted by Gasteiger charge is -2.19. The van der Waals surface area contributed by atoms with Gasteiger partial charge in [0.1, 0.15) is 0 Å². The molecule has 0 aliphatic rings. The fourth-order valence-corrected chi connectivity index (χ4v) is 13.6. The van der Waals surface area contributed by atoms with Crippen LogP contribution in [0, 0.1) is 39.0 Å². The Balaban J connectivity index is 1.00. The molecule has 16 rings (SSSR count). The summed E-state index contributed by atoms with van der Waals surface area (Å²) in [7, 11) is 0. The van der Waals surface area contributed by atoms with E-state index in [4.69, 9.17) is 15.0 Å². The zero-order valence-electron chi connectivity index (χ0n) is 51.4. The summed E-state index contributed by atoms with van der Waals surface area (Å²) < 4.78 is 4.84. The first-order valence-electron chi connectivity index (χ1n) is 31.3. The minimum atomic E-state index is 0.522. The second-order valence-corrected chi connectivity index (χ2v) is 24.2. The van der Waals surface area contributed by atoms with Crippen molar-refractivity contribution in [3.63, 3.8) is 0 Å². The van der Waals surface area contributed by atoms with Gasteiger partial charge in [0, 0.05) is 43.8 Å². The van der Waals surface area contributed by atoms with E-state index in [9.17, 15) is 5.26 Å².